The zero-order valence-corrected chi connectivity index (χ0v) is 10.9. The number of hydrogen-bond donors (Lipinski definition) is 1. The Hall–Kier alpha value is -1.85. The molecule has 0 aromatic carbocycles. The van der Waals surface area contributed by atoms with Crippen molar-refractivity contribution >= 4 is 17.5 Å². The number of nitrogens with one attached hydrogen (secondary N) is 1. The van der Waals surface area contributed by atoms with Gasteiger partial charge in [0.25, 0.3) is 5.91 Å². The molecule has 0 spiro atoms. The highest BCUT2D eigenvalue weighted by Gasteiger charge is 2.42. The van der Waals surface area contributed by atoms with Crippen molar-refractivity contribution in [3.63, 3.8) is 0 Å². The van der Waals surface area contributed by atoms with Gasteiger partial charge in [-0.2, -0.15) is 5.10 Å². The van der Waals surface area contributed by atoms with Crippen molar-refractivity contribution in [2.75, 3.05) is 11.4 Å². The molecule has 1 aromatic rings. The Morgan fingerprint density at radius 2 is 2.17 bits per heavy atom. The largest absolute Gasteiger partial charge is 0.340 e. The van der Waals surface area contributed by atoms with E-state index in [1.54, 1.807) is 24.0 Å². The summed E-state index contributed by atoms with van der Waals surface area (Å²) in [6.45, 7) is 6.40. The smallest absolute Gasteiger partial charge is 0.253 e. The van der Waals surface area contributed by atoms with Gasteiger partial charge in [0.05, 0.1) is 11.9 Å². The second-order valence-electron chi connectivity index (χ2n) is 4.68. The summed E-state index contributed by atoms with van der Waals surface area (Å²) in [5, 5.41) is 6.89. The van der Waals surface area contributed by atoms with Crippen molar-refractivity contribution in [1.82, 2.24) is 15.1 Å². The standard InChI is InChI=1S/C12H18N4O2/c1-4-12(3)11(18)16(8-10(17)14-12)9-6-13-15(5-2)7-9/h6-7H,4-5,8H2,1-3H3,(H,14,17). The zero-order valence-electron chi connectivity index (χ0n) is 10.9. The molecule has 2 rings (SSSR count). The van der Waals surface area contributed by atoms with Crippen molar-refractivity contribution in [3.8, 4) is 0 Å². The maximum absolute atomic E-state index is 12.4. The average Bonchev–Trinajstić information content (AvgIpc) is 2.82. The minimum atomic E-state index is -0.816. The Morgan fingerprint density at radius 3 is 2.72 bits per heavy atom. The van der Waals surface area contributed by atoms with Crippen LogP contribution in [-0.4, -0.2) is 33.7 Å². The monoisotopic (exact) mass is 250 g/mol. The molecule has 1 aliphatic heterocycles. The maximum Gasteiger partial charge on any atom is 0.253 e. The second-order valence-corrected chi connectivity index (χ2v) is 4.68. The van der Waals surface area contributed by atoms with E-state index in [1.807, 2.05) is 13.8 Å². The summed E-state index contributed by atoms with van der Waals surface area (Å²) in [5.41, 5.74) is -0.139. The van der Waals surface area contributed by atoms with Crippen LogP contribution >= 0.6 is 0 Å². The molecule has 2 amide bonds. The predicted octanol–water partition coefficient (Wildman–Crippen LogP) is 0.534. The van der Waals surface area contributed by atoms with E-state index in [-0.39, 0.29) is 18.4 Å². The Labute approximate surface area is 106 Å². The quantitative estimate of drug-likeness (QED) is 0.851. The Kier molecular flexibility index (Phi) is 3.11. The molecule has 98 valence electrons. The van der Waals surface area contributed by atoms with Crippen molar-refractivity contribution in [3.05, 3.63) is 12.4 Å². The number of hydrogen-bond acceptors (Lipinski definition) is 3. The van der Waals surface area contributed by atoms with Gasteiger partial charge >= 0.3 is 0 Å². The summed E-state index contributed by atoms with van der Waals surface area (Å²) in [7, 11) is 0. The first-order chi connectivity index (χ1) is 8.50. The van der Waals surface area contributed by atoms with Gasteiger partial charge < -0.3 is 5.32 Å². The number of anilines is 1. The number of nitrogens with zero attached hydrogens (tertiary/aromatic N) is 3. The first kappa shape index (κ1) is 12.6. The zero-order chi connectivity index (χ0) is 13.3. The van der Waals surface area contributed by atoms with Crippen LogP contribution in [0.15, 0.2) is 12.4 Å². The first-order valence-corrected chi connectivity index (χ1v) is 6.15. The van der Waals surface area contributed by atoms with Crippen LogP contribution < -0.4 is 10.2 Å². The molecule has 1 saturated heterocycles. The van der Waals surface area contributed by atoms with Crippen molar-refractivity contribution in [1.29, 1.82) is 0 Å². The van der Waals surface area contributed by atoms with E-state index in [4.69, 9.17) is 0 Å². The van der Waals surface area contributed by atoms with Gasteiger partial charge in [0.2, 0.25) is 5.91 Å². The third-order valence-electron chi connectivity index (χ3n) is 3.40. The number of carbonyl (C=O) groups is 2. The van der Waals surface area contributed by atoms with E-state index in [2.05, 4.69) is 10.4 Å². The summed E-state index contributed by atoms with van der Waals surface area (Å²) in [6.07, 6.45) is 3.97. The number of piperazine rings is 1. The lowest BCUT2D eigenvalue weighted by Crippen LogP contribution is -2.65. The molecule has 0 radical (unpaired) electrons. The van der Waals surface area contributed by atoms with E-state index in [9.17, 15) is 9.59 Å². The summed E-state index contributed by atoms with van der Waals surface area (Å²) in [5.74, 6) is -0.219. The molecule has 1 N–H and O–H groups in total. The molecule has 2 heterocycles. The van der Waals surface area contributed by atoms with Crippen LogP contribution in [0.5, 0.6) is 0 Å². The van der Waals surface area contributed by atoms with Crippen molar-refractivity contribution in [2.24, 2.45) is 0 Å². The van der Waals surface area contributed by atoms with E-state index in [0.717, 1.165) is 6.54 Å². The summed E-state index contributed by atoms with van der Waals surface area (Å²) >= 11 is 0. The van der Waals surface area contributed by atoms with E-state index < -0.39 is 5.54 Å². The normalized spacial score (nSPS) is 24.3. The van der Waals surface area contributed by atoms with Gasteiger partial charge in [-0.3, -0.25) is 19.2 Å². The highest BCUT2D eigenvalue weighted by Crippen LogP contribution is 2.23. The van der Waals surface area contributed by atoms with Crippen LogP contribution in [0.3, 0.4) is 0 Å². The van der Waals surface area contributed by atoms with Crippen LogP contribution in [0.2, 0.25) is 0 Å². The fraction of sp³-hybridized carbons (Fsp3) is 0.583. The molecule has 0 saturated carbocycles. The van der Waals surface area contributed by atoms with Gasteiger partial charge in [-0.15, -0.1) is 0 Å². The van der Waals surface area contributed by atoms with Crippen LogP contribution in [0, 0.1) is 0 Å². The van der Waals surface area contributed by atoms with Gasteiger partial charge in [-0.05, 0) is 20.3 Å². The third-order valence-corrected chi connectivity index (χ3v) is 3.40. The maximum atomic E-state index is 12.4. The number of rotatable bonds is 3. The van der Waals surface area contributed by atoms with E-state index >= 15 is 0 Å². The van der Waals surface area contributed by atoms with Gasteiger partial charge in [-0.25, -0.2) is 0 Å². The minimum absolute atomic E-state index is 0.0594. The number of carbonyl (C=O) groups excluding carboxylic acids is 2. The molecule has 1 aliphatic rings. The molecule has 18 heavy (non-hydrogen) atoms. The molecule has 1 fully saturated rings. The predicted molar refractivity (Wildman–Crippen MR) is 67.1 cm³/mol. The number of aromatic nitrogens is 2. The Bertz CT molecular complexity index is 482. The summed E-state index contributed by atoms with van der Waals surface area (Å²) in [4.78, 5) is 25.6. The van der Waals surface area contributed by atoms with Crippen LogP contribution in [0.1, 0.15) is 27.2 Å². The lowest BCUT2D eigenvalue weighted by atomic mass is 9.94. The van der Waals surface area contributed by atoms with Crippen LogP contribution in [0.25, 0.3) is 0 Å². The molecular weight excluding hydrogens is 232 g/mol. The van der Waals surface area contributed by atoms with Gasteiger partial charge in [0.15, 0.2) is 0 Å². The molecule has 1 aromatic heterocycles. The second kappa shape index (κ2) is 4.44. The fourth-order valence-corrected chi connectivity index (χ4v) is 2.03. The molecular formula is C12H18N4O2. The van der Waals surface area contributed by atoms with Crippen LogP contribution in [0.4, 0.5) is 5.69 Å². The van der Waals surface area contributed by atoms with Crippen molar-refractivity contribution < 1.29 is 9.59 Å². The van der Waals surface area contributed by atoms with E-state index in [1.165, 1.54) is 4.90 Å². The molecule has 1 unspecified atom stereocenters. The van der Waals surface area contributed by atoms with Crippen LogP contribution in [-0.2, 0) is 16.1 Å². The van der Waals surface area contributed by atoms with Gasteiger partial charge in [0, 0.05) is 12.7 Å². The molecule has 6 nitrogen and oxygen atoms in total. The van der Waals surface area contributed by atoms with Gasteiger partial charge in [0.1, 0.15) is 12.1 Å². The fourth-order valence-electron chi connectivity index (χ4n) is 2.03. The molecule has 6 heteroatoms. The van der Waals surface area contributed by atoms with E-state index in [0.29, 0.717) is 12.1 Å². The lowest BCUT2D eigenvalue weighted by Gasteiger charge is -2.38. The minimum Gasteiger partial charge on any atom is -0.340 e. The highest BCUT2D eigenvalue weighted by atomic mass is 16.2. The number of aryl methyl sites for hydroxylation is 1. The summed E-state index contributed by atoms with van der Waals surface area (Å²) in [6, 6.07) is 0. The van der Waals surface area contributed by atoms with Gasteiger partial charge in [-0.1, -0.05) is 6.92 Å². The SMILES string of the molecule is CCn1cc(N2CC(=O)NC(C)(CC)C2=O)cn1. The average molecular weight is 250 g/mol. The molecule has 0 bridgehead atoms. The number of amides is 2. The molecule has 1 atom stereocenters. The first-order valence-electron chi connectivity index (χ1n) is 6.15. The lowest BCUT2D eigenvalue weighted by molar-refractivity contribution is -0.135. The van der Waals surface area contributed by atoms with Crippen molar-refractivity contribution in [2.45, 2.75) is 39.3 Å². The Morgan fingerprint density at radius 1 is 1.44 bits per heavy atom. The summed E-state index contributed by atoms with van der Waals surface area (Å²) < 4.78 is 1.73. The highest BCUT2D eigenvalue weighted by molar-refractivity contribution is 6.08. The Balaban J connectivity index is 2.31. The molecule has 0 aliphatic carbocycles. The topological polar surface area (TPSA) is 67.2 Å². The third kappa shape index (κ3) is 1.98.